The molecule has 0 amide bonds. The van der Waals surface area contributed by atoms with Gasteiger partial charge in [-0.2, -0.15) is 0 Å². The van der Waals surface area contributed by atoms with E-state index in [0.717, 1.165) is 6.54 Å². The number of hydrogen-bond donors (Lipinski definition) is 0. The van der Waals surface area contributed by atoms with Crippen LogP contribution in [-0.4, -0.2) is 4.57 Å². The molecular weight excluding hydrogens is 364 g/mol. The van der Waals surface area contributed by atoms with Crippen LogP contribution in [0.15, 0.2) is 73.1 Å². The highest BCUT2D eigenvalue weighted by Gasteiger charge is 2.13. The fourth-order valence-electron chi connectivity index (χ4n) is 4.76. The van der Waals surface area contributed by atoms with E-state index in [1.807, 2.05) is 0 Å². The first-order chi connectivity index (χ1) is 14.7. The number of unbranched alkanes of at least 4 members (excludes halogenated alkanes) is 2. The number of nitrogens with zero attached hydrogens (tertiary/aromatic N) is 2. The van der Waals surface area contributed by atoms with Gasteiger partial charge in [0.2, 0.25) is 5.52 Å². The van der Waals surface area contributed by atoms with Crippen LogP contribution in [0, 0.1) is 6.92 Å². The molecule has 0 unspecified atom stereocenters. The largest absolute Gasteiger partial charge is 0.347 e. The van der Waals surface area contributed by atoms with Gasteiger partial charge >= 0.3 is 0 Å². The predicted molar refractivity (Wildman–Crippen MR) is 128 cm³/mol. The van der Waals surface area contributed by atoms with E-state index in [9.17, 15) is 0 Å². The molecule has 0 aliphatic heterocycles. The maximum atomic E-state index is 2.41. The number of fused-ring (bicyclic) bond motifs is 4. The third kappa shape index (κ3) is 3.17. The molecule has 2 nitrogen and oxygen atoms in total. The van der Waals surface area contributed by atoms with Gasteiger partial charge in [0, 0.05) is 35.1 Å². The van der Waals surface area contributed by atoms with Gasteiger partial charge in [0.1, 0.15) is 7.05 Å². The summed E-state index contributed by atoms with van der Waals surface area (Å²) < 4.78 is 4.65. The van der Waals surface area contributed by atoms with E-state index < -0.39 is 0 Å². The molecule has 0 aliphatic carbocycles. The molecule has 0 bridgehead atoms. The molecule has 0 saturated carbocycles. The topological polar surface area (TPSA) is 8.81 Å². The molecule has 2 aromatic heterocycles. The number of aryl methyl sites for hydroxylation is 3. The number of rotatable bonds is 5. The lowest BCUT2D eigenvalue weighted by Crippen LogP contribution is -2.28. The van der Waals surface area contributed by atoms with Gasteiger partial charge in [-0.05, 0) is 65.8 Å². The lowest BCUT2D eigenvalue weighted by molar-refractivity contribution is -0.643. The van der Waals surface area contributed by atoms with Crippen molar-refractivity contribution in [3.05, 3.63) is 78.6 Å². The zero-order valence-electron chi connectivity index (χ0n) is 18.2. The van der Waals surface area contributed by atoms with Crippen molar-refractivity contribution in [1.82, 2.24) is 4.57 Å². The second kappa shape index (κ2) is 7.60. The standard InChI is InChI=1S/C28H29N2/c1-4-5-6-15-30-16-14-21-10-11-23(18-27(21)30)22-12-13-26-25(17-22)28-20(2)8-7-9-24(28)19-29(26)3/h7-14,16-19H,4-6,15H2,1-3H3/q+1. The van der Waals surface area contributed by atoms with Crippen molar-refractivity contribution in [3.63, 3.8) is 0 Å². The quantitative estimate of drug-likeness (QED) is 0.174. The minimum Gasteiger partial charge on any atom is -0.347 e. The van der Waals surface area contributed by atoms with E-state index >= 15 is 0 Å². The SMILES string of the molecule is CCCCCn1ccc2ccc(-c3ccc4c(c3)c3c(C)cccc3c[n+]4C)cc21. The van der Waals surface area contributed by atoms with Gasteiger partial charge in [0.05, 0.1) is 5.39 Å². The molecular formula is C28H29N2+. The van der Waals surface area contributed by atoms with E-state index in [4.69, 9.17) is 0 Å². The van der Waals surface area contributed by atoms with Crippen molar-refractivity contribution >= 4 is 32.6 Å². The van der Waals surface area contributed by atoms with Crippen molar-refractivity contribution < 1.29 is 4.57 Å². The lowest BCUT2D eigenvalue weighted by Gasteiger charge is -2.10. The fraction of sp³-hybridized carbons (Fsp3) is 0.250. The zero-order valence-corrected chi connectivity index (χ0v) is 18.2. The van der Waals surface area contributed by atoms with Gasteiger partial charge in [-0.25, -0.2) is 4.57 Å². The Kier molecular flexibility index (Phi) is 4.78. The average molecular weight is 394 g/mol. The summed E-state index contributed by atoms with van der Waals surface area (Å²) in [4.78, 5) is 0. The maximum absolute atomic E-state index is 2.41. The lowest BCUT2D eigenvalue weighted by atomic mass is 9.97. The molecule has 0 N–H and O–H groups in total. The monoisotopic (exact) mass is 393 g/mol. The molecule has 150 valence electrons. The summed E-state index contributed by atoms with van der Waals surface area (Å²) in [5, 5.41) is 5.30. The van der Waals surface area contributed by atoms with E-state index in [1.54, 1.807) is 0 Å². The van der Waals surface area contributed by atoms with Crippen LogP contribution in [0.5, 0.6) is 0 Å². The highest BCUT2D eigenvalue weighted by molar-refractivity contribution is 6.07. The van der Waals surface area contributed by atoms with E-state index in [1.165, 1.54) is 68.5 Å². The fourth-order valence-corrected chi connectivity index (χ4v) is 4.76. The third-order valence-electron chi connectivity index (χ3n) is 6.39. The molecule has 0 radical (unpaired) electrons. The molecule has 0 spiro atoms. The van der Waals surface area contributed by atoms with Crippen LogP contribution >= 0.6 is 0 Å². The van der Waals surface area contributed by atoms with E-state index in [2.05, 4.69) is 103 Å². The first-order valence-corrected chi connectivity index (χ1v) is 11.1. The molecule has 3 aromatic carbocycles. The molecule has 0 atom stereocenters. The van der Waals surface area contributed by atoms with Crippen molar-refractivity contribution in [1.29, 1.82) is 0 Å². The van der Waals surface area contributed by atoms with E-state index in [-0.39, 0.29) is 0 Å². The molecule has 0 saturated heterocycles. The highest BCUT2D eigenvalue weighted by Crippen LogP contribution is 2.31. The van der Waals surface area contributed by atoms with Crippen LogP contribution in [0.1, 0.15) is 31.7 Å². The van der Waals surface area contributed by atoms with Gasteiger partial charge in [0.25, 0.3) is 0 Å². The second-order valence-electron chi connectivity index (χ2n) is 8.50. The third-order valence-corrected chi connectivity index (χ3v) is 6.39. The molecule has 2 heterocycles. The van der Waals surface area contributed by atoms with Crippen LogP contribution in [-0.2, 0) is 13.6 Å². The Balaban J connectivity index is 1.66. The maximum Gasteiger partial charge on any atom is 0.212 e. The van der Waals surface area contributed by atoms with E-state index in [0.29, 0.717) is 0 Å². The van der Waals surface area contributed by atoms with Gasteiger partial charge in [0.15, 0.2) is 6.20 Å². The van der Waals surface area contributed by atoms with Gasteiger partial charge in [-0.1, -0.05) is 44.0 Å². The minimum absolute atomic E-state index is 1.10. The van der Waals surface area contributed by atoms with Crippen LogP contribution in [0.4, 0.5) is 0 Å². The van der Waals surface area contributed by atoms with Crippen molar-refractivity contribution in [2.24, 2.45) is 7.05 Å². The Morgan fingerprint density at radius 1 is 0.867 bits per heavy atom. The summed E-state index contributed by atoms with van der Waals surface area (Å²) in [6.45, 7) is 5.57. The van der Waals surface area contributed by atoms with Crippen molar-refractivity contribution in [2.75, 3.05) is 0 Å². The van der Waals surface area contributed by atoms with Gasteiger partial charge < -0.3 is 4.57 Å². The molecule has 5 rings (SSSR count). The molecule has 0 fully saturated rings. The van der Waals surface area contributed by atoms with Crippen LogP contribution in [0.2, 0.25) is 0 Å². The Labute approximate surface area is 178 Å². The number of aromatic nitrogens is 2. The predicted octanol–water partition coefficient (Wildman–Crippen LogP) is 6.94. The number of hydrogen-bond acceptors (Lipinski definition) is 0. The molecule has 0 aliphatic rings. The zero-order chi connectivity index (χ0) is 20.7. The van der Waals surface area contributed by atoms with Crippen LogP contribution < -0.4 is 4.57 Å². The summed E-state index contributed by atoms with van der Waals surface area (Å²) in [6, 6.07) is 22.6. The first kappa shape index (κ1) is 18.9. The second-order valence-corrected chi connectivity index (χ2v) is 8.50. The first-order valence-electron chi connectivity index (χ1n) is 11.1. The van der Waals surface area contributed by atoms with Crippen molar-refractivity contribution in [3.8, 4) is 11.1 Å². The van der Waals surface area contributed by atoms with Crippen molar-refractivity contribution in [2.45, 2.75) is 39.7 Å². The summed E-state index contributed by atoms with van der Waals surface area (Å²) >= 11 is 0. The Hall–Kier alpha value is -3.13. The number of benzene rings is 3. The van der Waals surface area contributed by atoms with Gasteiger partial charge in [-0.15, -0.1) is 0 Å². The summed E-state index contributed by atoms with van der Waals surface area (Å²) in [5.74, 6) is 0. The Morgan fingerprint density at radius 2 is 1.70 bits per heavy atom. The molecule has 5 aromatic rings. The molecule has 2 heteroatoms. The average Bonchev–Trinajstić information content (AvgIpc) is 3.16. The number of pyridine rings is 1. The molecule has 30 heavy (non-hydrogen) atoms. The summed E-state index contributed by atoms with van der Waals surface area (Å²) in [5.41, 5.74) is 6.50. The van der Waals surface area contributed by atoms with Crippen LogP contribution in [0.25, 0.3) is 43.7 Å². The normalized spacial score (nSPS) is 11.7. The smallest absolute Gasteiger partial charge is 0.212 e. The highest BCUT2D eigenvalue weighted by atomic mass is 14.9. The summed E-state index contributed by atoms with van der Waals surface area (Å²) in [7, 11) is 2.14. The van der Waals surface area contributed by atoms with Crippen LogP contribution in [0.3, 0.4) is 0 Å². The summed E-state index contributed by atoms with van der Waals surface area (Å²) in [6.07, 6.45) is 8.25. The Bertz CT molecular complexity index is 1370. The minimum atomic E-state index is 1.10. The van der Waals surface area contributed by atoms with Gasteiger partial charge in [-0.3, -0.25) is 0 Å². The Morgan fingerprint density at radius 3 is 2.57 bits per heavy atom.